The monoisotopic (exact) mass is 1010 g/mol. The summed E-state index contributed by atoms with van der Waals surface area (Å²) in [7, 11) is 0. The second-order valence-electron chi connectivity index (χ2n) is 24.0. The van der Waals surface area contributed by atoms with Gasteiger partial charge in [0.2, 0.25) is 0 Å². The van der Waals surface area contributed by atoms with E-state index in [0.717, 1.165) is 18.4 Å². The number of fused-ring (bicyclic) bond motifs is 14. The molecule has 5 aliphatic rings. The first-order valence-electron chi connectivity index (χ1n) is 29.4. The summed E-state index contributed by atoms with van der Waals surface area (Å²) in [6.45, 7) is 17.2. The van der Waals surface area contributed by atoms with Crippen molar-refractivity contribution in [3.05, 3.63) is 252 Å². The van der Waals surface area contributed by atoms with E-state index in [4.69, 9.17) is 6.58 Å². The molecule has 2 saturated carbocycles. The van der Waals surface area contributed by atoms with Crippen LogP contribution in [0.1, 0.15) is 127 Å². The fourth-order valence-corrected chi connectivity index (χ4v) is 17.3. The van der Waals surface area contributed by atoms with E-state index in [2.05, 4.69) is 257 Å². The standard InChI is InChI=1S/C76H72N2/c1-7-10-14-27-52(4)76(57-28-15-11-16-29-57)65-49-54(56-39-43-69-67(51-56)75(9-3)47-26-24-45-73(75,6)78(69)59-32-19-13-20-33-59)37-41-63(65)70-61-35-22-21-34-60(61)64-48-53(36-40-62(64)71(70)76)55-38-42-68-66(50-55)74(8-2)46-25-23-44-72(74,5)77(68)58-30-17-12-18-31-58/h7,10-22,27-43,48-51H,4,8-9,23-26,44-47H2,1-3,5-6H3/b10-7-,27-14-. The van der Waals surface area contributed by atoms with E-state index in [1.165, 1.54) is 157 Å². The predicted octanol–water partition coefficient (Wildman–Crippen LogP) is 20.6. The van der Waals surface area contributed by atoms with Crippen LogP contribution in [0.15, 0.2) is 225 Å². The Balaban J connectivity index is 0.987. The van der Waals surface area contributed by atoms with Crippen LogP contribution in [0.2, 0.25) is 0 Å². The van der Waals surface area contributed by atoms with Crippen molar-refractivity contribution in [2.45, 2.75) is 126 Å². The van der Waals surface area contributed by atoms with Crippen LogP contribution >= 0.6 is 0 Å². The molecule has 0 amide bonds. The highest BCUT2D eigenvalue weighted by Gasteiger charge is 2.61. The lowest BCUT2D eigenvalue weighted by Gasteiger charge is -2.51. The zero-order chi connectivity index (χ0) is 53.0. The fraction of sp³-hybridized carbons (Fsp3) is 0.263. The molecule has 9 aromatic rings. The second kappa shape index (κ2) is 18.2. The Kier molecular flexibility index (Phi) is 11.4. The van der Waals surface area contributed by atoms with Crippen LogP contribution in [-0.2, 0) is 16.2 Å². The van der Waals surface area contributed by atoms with Gasteiger partial charge in [0.05, 0.1) is 16.5 Å². The van der Waals surface area contributed by atoms with E-state index in [0.29, 0.717) is 0 Å². The fourth-order valence-electron chi connectivity index (χ4n) is 17.3. The van der Waals surface area contributed by atoms with Gasteiger partial charge in [-0.25, -0.2) is 0 Å². The summed E-state index contributed by atoms with van der Waals surface area (Å²) in [5.74, 6) is 0. The summed E-state index contributed by atoms with van der Waals surface area (Å²) in [5, 5.41) is 5.12. The first-order valence-corrected chi connectivity index (χ1v) is 29.4. The van der Waals surface area contributed by atoms with Crippen LogP contribution in [-0.4, -0.2) is 11.1 Å². The molecule has 5 atom stereocenters. The van der Waals surface area contributed by atoms with E-state index in [-0.39, 0.29) is 21.9 Å². The van der Waals surface area contributed by atoms with E-state index >= 15 is 0 Å². The van der Waals surface area contributed by atoms with Crippen LogP contribution in [0.25, 0.3) is 54.9 Å². The average molecular weight is 1010 g/mol. The average Bonchev–Trinajstić information content (AvgIpc) is 3.44. The molecule has 5 unspecified atom stereocenters. The number of para-hydroxylation sites is 2. The van der Waals surface area contributed by atoms with Crippen molar-refractivity contribution in [3.63, 3.8) is 0 Å². The molecule has 2 fully saturated rings. The maximum atomic E-state index is 5.15. The molecule has 2 heteroatoms. The van der Waals surface area contributed by atoms with Crippen molar-refractivity contribution in [2.24, 2.45) is 0 Å². The lowest BCUT2D eigenvalue weighted by atomic mass is 9.59. The zero-order valence-corrected chi connectivity index (χ0v) is 46.4. The highest BCUT2D eigenvalue weighted by atomic mass is 15.3. The summed E-state index contributed by atoms with van der Waals surface area (Å²) in [6, 6.07) is 72.7. The molecule has 2 heterocycles. The second-order valence-corrected chi connectivity index (χ2v) is 24.0. The molecule has 2 nitrogen and oxygen atoms in total. The molecule has 2 aliphatic heterocycles. The Labute approximate surface area is 463 Å². The van der Waals surface area contributed by atoms with Crippen LogP contribution in [0.5, 0.6) is 0 Å². The first-order chi connectivity index (χ1) is 38.2. The lowest BCUT2D eigenvalue weighted by molar-refractivity contribution is 0.170. The third-order valence-corrected chi connectivity index (χ3v) is 20.9. The van der Waals surface area contributed by atoms with Gasteiger partial charge in [-0.3, -0.25) is 0 Å². The molecular formula is C76H72N2. The third-order valence-electron chi connectivity index (χ3n) is 20.9. The normalized spacial score (nSPS) is 24.8. The quantitative estimate of drug-likeness (QED) is 0.0995. The molecule has 0 N–H and O–H groups in total. The van der Waals surface area contributed by atoms with Gasteiger partial charge in [-0.2, -0.15) is 0 Å². The zero-order valence-electron chi connectivity index (χ0n) is 46.4. The van der Waals surface area contributed by atoms with E-state index < -0.39 is 5.41 Å². The van der Waals surface area contributed by atoms with Crippen molar-refractivity contribution in [1.29, 1.82) is 0 Å². The van der Waals surface area contributed by atoms with Gasteiger partial charge in [-0.05, 0) is 208 Å². The van der Waals surface area contributed by atoms with Crippen molar-refractivity contribution in [3.8, 4) is 33.4 Å². The Morgan fingerprint density at radius 1 is 0.474 bits per heavy atom. The SMILES string of the molecule is C=C(/C=C\C=C/C)C1(c2ccccc2)c2cc(-c3ccc4c(c3)C3(CC)CCCCC3(C)N4c3ccccc3)ccc2-c2c1c1ccc(-c3ccc4c(c3)C3(CC)CCCCC3(C)N4c3ccccc3)cc1c1ccccc21. The van der Waals surface area contributed by atoms with Gasteiger partial charge >= 0.3 is 0 Å². The Morgan fingerprint density at radius 2 is 0.949 bits per heavy atom. The number of anilines is 4. The Morgan fingerprint density at radius 3 is 1.50 bits per heavy atom. The highest BCUT2D eigenvalue weighted by Crippen LogP contribution is 2.66. The van der Waals surface area contributed by atoms with Gasteiger partial charge in [0.1, 0.15) is 0 Å². The number of hydrogen-bond donors (Lipinski definition) is 0. The third kappa shape index (κ3) is 6.50. The van der Waals surface area contributed by atoms with E-state index in [9.17, 15) is 0 Å². The molecule has 3 aliphatic carbocycles. The maximum Gasteiger partial charge on any atom is 0.0714 e. The maximum absolute atomic E-state index is 5.15. The Bertz CT molecular complexity index is 3920. The predicted molar refractivity (Wildman–Crippen MR) is 332 cm³/mol. The van der Waals surface area contributed by atoms with Crippen LogP contribution in [0.3, 0.4) is 0 Å². The van der Waals surface area contributed by atoms with Crippen molar-refractivity contribution >= 4 is 44.3 Å². The van der Waals surface area contributed by atoms with Crippen molar-refractivity contribution in [2.75, 3.05) is 9.80 Å². The molecule has 0 bridgehead atoms. The van der Waals surface area contributed by atoms with Gasteiger partial charge < -0.3 is 9.80 Å². The first kappa shape index (κ1) is 48.7. The largest absolute Gasteiger partial charge is 0.334 e. The Hall–Kier alpha value is -7.68. The molecule has 386 valence electrons. The molecule has 0 saturated heterocycles. The van der Waals surface area contributed by atoms with Gasteiger partial charge in [0.15, 0.2) is 0 Å². The van der Waals surface area contributed by atoms with Gasteiger partial charge in [0.25, 0.3) is 0 Å². The summed E-state index contributed by atoms with van der Waals surface area (Å²) in [5.41, 5.74) is 20.3. The minimum Gasteiger partial charge on any atom is -0.334 e. The smallest absolute Gasteiger partial charge is 0.0714 e. The van der Waals surface area contributed by atoms with Gasteiger partial charge in [0, 0.05) is 33.6 Å². The van der Waals surface area contributed by atoms with Crippen LogP contribution in [0.4, 0.5) is 22.7 Å². The molecule has 0 radical (unpaired) electrons. The lowest BCUT2D eigenvalue weighted by Crippen LogP contribution is -2.55. The molecule has 14 rings (SSSR count). The molecular weight excluding hydrogens is 941 g/mol. The topological polar surface area (TPSA) is 6.48 Å². The summed E-state index contributed by atoms with van der Waals surface area (Å²) >= 11 is 0. The van der Waals surface area contributed by atoms with Gasteiger partial charge in [-0.1, -0.05) is 198 Å². The number of benzene rings is 9. The summed E-state index contributed by atoms with van der Waals surface area (Å²) in [6.07, 6.45) is 20.8. The van der Waals surface area contributed by atoms with E-state index in [1.807, 2.05) is 0 Å². The number of allylic oxidation sites excluding steroid dienone is 5. The van der Waals surface area contributed by atoms with E-state index in [1.54, 1.807) is 0 Å². The van der Waals surface area contributed by atoms with Crippen LogP contribution in [0, 0.1) is 0 Å². The minimum absolute atomic E-state index is 0.000427. The van der Waals surface area contributed by atoms with Crippen molar-refractivity contribution < 1.29 is 0 Å². The van der Waals surface area contributed by atoms with Crippen LogP contribution < -0.4 is 9.80 Å². The molecule has 9 aromatic carbocycles. The molecule has 0 spiro atoms. The van der Waals surface area contributed by atoms with Gasteiger partial charge in [-0.15, -0.1) is 0 Å². The highest BCUT2D eigenvalue weighted by molar-refractivity contribution is 6.20. The summed E-state index contributed by atoms with van der Waals surface area (Å²) in [4.78, 5) is 5.43. The molecule has 0 aromatic heterocycles. The number of hydrogen-bond acceptors (Lipinski definition) is 2. The number of rotatable bonds is 10. The minimum atomic E-state index is -0.704. The number of nitrogens with zero attached hydrogens (tertiary/aromatic N) is 2. The van der Waals surface area contributed by atoms with Crippen molar-refractivity contribution in [1.82, 2.24) is 0 Å². The summed E-state index contributed by atoms with van der Waals surface area (Å²) < 4.78 is 0. The molecule has 78 heavy (non-hydrogen) atoms.